The van der Waals surface area contributed by atoms with Gasteiger partial charge in [-0.25, -0.2) is 0 Å². The van der Waals surface area contributed by atoms with Crippen molar-refractivity contribution in [3.05, 3.63) is 51.4 Å². The van der Waals surface area contributed by atoms with Crippen molar-refractivity contribution in [1.29, 1.82) is 0 Å². The number of alkyl halides is 3. The lowest BCUT2D eigenvalue weighted by Crippen LogP contribution is -2.18. The van der Waals surface area contributed by atoms with E-state index in [-0.39, 0.29) is 28.7 Å². The third kappa shape index (κ3) is 5.41. The lowest BCUT2D eigenvalue weighted by Gasteiger charge is -2.28. The van der Waals surface area contributed by atoms with E-state index < -0.39 is 11.7 Å². The highest BCUT2D eigenvalue weighted by molar-refractivity contribution is 6.34. The molecule has 1 aromatic heterocycles. The maximum atomic E-state index is 12.9. The first-order valence-corrected chi connectivity index (χ1v) is 10.3. The van der Waals surface area contributed by atoms with Crippen LogP contribution in [-0.2, 0) is 12.6 Å². The van der Waals surface area contributed by atoms with Crippen LogP contribution in [0, 0.1) is 25.7 Å². The Morgan fingerprint density at radius 2 is 1.83 bits per heavy atom. The van der Waals surface area contributed by atoms with Crippen LogP contribution in [0.1, 0.15) is 71.5 Å². The molecule has 1 fully saturated rings. The summed E-state index contributed by atoms with van der Waals surface area (Å²) in [5.41, 5.74) is 1.26. The molecule has 0 saturated heterocycles. The van der Waals surface area contributed by atoms with Crippen molar-refractivity contribution in [1.82, 2.24) is 5.16 Å². The summed E-state index contributed by atoms with van der Waals surface area (Å²) in [6.07, 6.45) is 1.63. The average molecular weight is 428 g/mol. The Balaban J connectivity index is 1.52. The topological polar surface area (TPSA) is 43.1 Å². The van der Waals surface area contributed by atoms with Gasteiger partial charge in [0.05, 0.1) is 16.3 Å². The molecule has 0 radical (unpaired) electrons. The molecule has 29 heavy (non-hydrogen) atoms. The van der Waals surface area contributed by atoms with Crippen LogP contribution in [0.15, 0.2) is 22.7 Å². The number of Topliss-reactive ketones (excluding diaryl/α,β-unsaturated/α-hetero) is 1. The molecule has 0 unspecified atom stereocenters. The molecule has 158 valence electrons. The van der Waals surface area contributed by atoms with Crippen molar-refractivity contribution in [3.63, 3.8) is 0 Å². The van der Waals surface area contributed by atoms with Gasteiger partial charge in [-0.1, -0.05) is 29.6 Å². The molecule has 1 aromatic carbocycles. The monoisotopic (exact) mass is 427 g/mol. The van der Waals surface area contributed by atoms with Crippen molar-refractivity contribution >= 4 is 17.4 Å². The van der Waals surface area contributed by atoms with Crippen molar-refractivity contribution in [2.75, 3.05) is 0 Å². The second-order valence-electron chi connectivity index (χ2n) is 8.05. The molecular formula is C22H25ClF3NO2. The number of aryl methyl sites for hydroxylation is 2. The van der Waals surface area contributed by atoms with Gasteiger partial charge < -0.3 is 4.52 Å². The van der Waals surface area contributed by atoms with Crippen LogP contribution in [0.25, 0.3) is 0 Å². The fourth-order valence-corrected chi connectivity index (χ4v) is 4.44. The summed E-state index contributed by atoms with van der Waals surface area (Å²) in [5, 5.41) is 4.07. The molecular weight excluding hydrogens is 403 g/mol. The number of carbonyl (C=O) groups is 1. The predicted octanol–water partition coefficient (Wildman–Crippen LogP) is 6.98. The quantitative estimate of drug-likeness (QED) is 0.467. The normalized spacial score (nSPS) is 20.1. The second kappa shape index (κ2) is 8.90. The Morgan fingerprint density at radius 1 is 1.17 bits per heavy atom. The number of aromatic nitrogens is 1. The van der Waals surface area contributed by atoms with E-state index in [1.54, 1.807) is 0 Å². The van der Waals surface area contributed by atoms with Gasteiger partial charge in [-0.05, 0) is 69.6 Å². The van der Waals surface area contributed by atoms with Gasteiger partial charge in [0.2, 0.25) is 0 Å². The zero-order chi connectivity index (χ0) is 21.2. The number of nitrogens with zero attached hydrogens (tertiary/aromatic N) is 1. The highest BCUT2D eigenvalue weighted by Gasteiger charge is 2.32. The number of hydrogen-bond acceptors (Lipinski definition) is 3. The fraction of sp³-hybridized carbons (Fsp3) is 0.545. The molecule has 3 nitrogen and oxygen atoms in total. The minimum atomic E-state index is -4.49. The second-order valence-corrected chi connectivity index (χ2v) is 8.46. The summed E-state index contributed by atoms with van der Waals surface area (Å²) in [6, 6.07) is 2.94. The largest absolute Gasteiger partial charge is 0.416 e. The van der Waals surface area contributed by atoms with Crippen LogP contribution >= 0.6 is 11.6 Å². The van der Waals surface area contributed by atoms with Gasteiger partial charge in [0.15, 0.2) is 5.78 Å². The molecule has 2 aromatic rings. The van der Waals surface area contributed by atoms with E-state index in [4.69, 9.17) is 16.1 Å². The maximum Gasteiger partial charge on any atom is 0.416 e. The van der Waals surface area contributed by atoms with Gasteiger partial charge in [-0.2, -0.15) is 13.2 Å². The van der Waals surface area contributed by atoms with Gasteiger partial charge in [-0.15, -0.1) is 0 Å². The van der Waals surface area contributed by atoms with Gasteiger partial charge in [0.25, 0.3) is 0 Å². The van der Waals surface area contributed by atoms with E-state index in [1.165, 1.54) is 5.56 Å². The predicted molar refractivity (Wildman–Crippen MR) is 105 cm³/mol. The summed E-state index contributed by atoms with van der Waals surface area (Å²) in [7, 11) is 0. The molecule has 0 N–H and O–H groups in total. The lowest BCUT2D eigenvalue weighted by atomic mass is 9.77. The van der Waals surface area contributed by atoms with Crippen molar-refractivity contribution in [2.45, 2.75) is 65.0 Å². The SMILES string of the molecule is Cc1noc(C)c1CCC1CCC(CC(=O)c2cc(C(F)(F)F)ccc2Cl)CC1. The van der Waals surface area contributed by atoms with Crippen molar-refractivity contribution < 1.29 is 22.5 Å². The van der Waals surface area contributed by atoms with Crippen LogP contribution < -0.4 is 0 Å². The summed E-state index contributed by atoms with van der Waals surface area (Å²) in [6.45, 7) is 3.88. The first kappa shape index (κ1) is 21.9. The molecule has 3 rings (SSSR count). The average Bonchev–Trinajstić information content (AvgIpc) is 2.98. The maximum absolute atomic E-state index is 12.9. The zero-order valence-electron chi connectivity index (χ0n) is 16.6. The smallest absolute Gasteiger partial charge is 0.361 e. The molecule has 0 atom stereocenters. The number of carbonyl (C=O) groups excluding carboxylic acids is 1. The van der Waals surface area contributed by atoms with Gasteiger partial charge in [0.1, 0.15) is 5.76 Å². The standard InChI is InChI=1S/C22H25ClF3NO2/c1-13-18(14(2)29-27-13)9-7-15-3-5-16(6-4-15)11-21(28)19-12-17(22(24,25)26)8-10-20(19)23/h8,10,12,15-16H,3-7,9,11H2,1-2H3. The molecule has 0 bridgehead atoms. The van der Waals surface area contributed by atoms with Crippen LogP contribution in [0.4, 0.5) is 13.2 Å². The third-order valence-corrected chi connectivity index (χ3v) is 6.35. The number of rotatable bonds is 6. The van der Waals surface area contributed by atoms with E-state index in [9.17, 15) is 18.0 Å². The molecule has 0 spiro atoms. The van der Waals surface area contributed by atoms with E-state index >= 15 is 0 Å². The Bertz CT molecular complexity index is 848. The van der Waals surface area contributed by atoms with E-state index in [0.717, 1.165) is 68.2 Å². The van der Waals surface area contributed by atoms with Gasteiger partial charge in [0, 0.05) is 17.5 Å². The first-order chi connectivity index (χ1) is 13.6. The minimum absolute atomic E-state index is 0.0259. The van der Waals surface area contributed by atoms with Gasteiger partial charge >= 0.3 is 6.18 Å². The molecule has 1 saturated carbocycles. The molecule has 1 aliphatic carbocycles. The Hall–Kier alpha value is -1.82. The fourth-order valence-electron chi connectivity index (χ4n) is 4.22. The van der Waals surface area contributed by atoms with Gasteiger partial charge in [-0.3, -0.25) is 4.79 Å². The van der Waals surface area contributed by atoms with E-state index in [1.807, 2.05) is 13.8 Å². The summed E-state index contributed by atoms with van der Waals surface area (Å²) in [4.78, 5) is 12.6. The molecule has 7 heteroatoms. The molecule has 1 aliphatic rings. The van der Waals surface area contributed by atoms with Crippen LogP contribution in [-0.4, -0.2) is 10.9 Å². The lowest BCUT2D eigenvalue weighted by molar-refractivity contribution is -0.137. The van der Waals surface area contributed by atoms with E-state index in [2.05, 4.69) is 5.16 Å². The highest BCUT2D eigenvalue weighted by Crippen LogP contribution is 2.36. The Morgan fingerprint density at radius 3 is 2.41 bits per heavy atom. The zero-order valence-corrected chi connectivity index (χ0v) is 17.4. The van der Waals surface area contributed by atoms with E-state index in [0.29, 0.717) is 5.92 Å². The molecule has 0 amide bonds. The third-order valence-electron chi connectivity index (χ3n) is 6.02. The summed E-state index contributed by atoms with van der Waals surface area (Å²) < 4.78 is 44.0. The van der Waals surface area contributed by atoms with Crippen molar-refractivity contribution in [2.24, 2.45) is 11.8 Å². The number of ketones is 1. The van der Waals surface area contributed by atoms with Crippen molar-refractivity contribution in [3.8, 4) is 0 Å². The molecule has 1 heterocycles. The Labute approximate surface area is 173 Å². The molecule has 0 aliphatic heterocycles. The summed E-state index contributed by atoms with van der Waals surface area (Å²) in [5.74, 6) is 1.36. The number of benzene rings is 1. The highest BCUT2D eigenvalue weighted by atomic mass is 35.5. The number of hydrogen-bond donors (Lipinski definition) is 0. The van der Waals surface area contributed by atoms with Crippen LogP contribution in [0.3, 0.4) is 0 Å². The Kier molecular flexibility index (Phi) is 6.72. The number of halogens is 4. The van der Waals surface area contributed by atoms with Crippen LogP contribution in [0.2, 0.25) is 5.02 Å². The minimum Gasteiger partial charge on any atom is -0.361 e. The summed E-state index contributed by atoms with van der Waals surface area (Å²) >= 11 is 6.00. The first-order valence-electron chi connectivity index (χ1n) is 9.96. The van der Waals surface area contributed by atoms with Crippen LogP contribution in [0.5, 0.6) is 0 Å².